The quantitative estimate of drug-likeness (QED) is 0.0542. The second-order valence-electron chi connectivity index (χ2n) is 14.6. The Bertz CT molecular complexity index is 1450. The van der Waals surface area contributed by atoms with E-state index >= 15 is 0 Å². The number of allylic oxidation sites excluding steroid dienone is 3. The summed E-state index contributed by atoms with van der Waals surface area (Å²) in [6.07, 6.45) is 5.68. The molecular weight excluding hydrogens is 741 g/mol. The van der Waals surface area contributed by atoms with Crippen molar-refractivity contribution in [2.24, 2.45) is 23.2 Å². The molecule has 0 heterocycles. The number of ether oxygens (including phenoxy) is 3. The van der Waals surface area contributed by atoms with E-state index in [2.05, 4.69) is 62.8 Å². The van der Waals surface area contributed by atoms with Gasteiger partial charge < -0.3 is 10.1 Å². The molecule has 0 aliphatic heterocycles. The molecule has 1 aromatic carbocycles. The molecule has 0 aliphatic rings. The minimum atomic E-state index is -0.977. The average molecular weight is 803 g/mol. The fourth-order valence-corrected chi connectivity index (χ4v) is 8.27. The van der Waals surface area contributed by atoms with Crippen LogP contribution in [0.2, 0.25) is 5.32 Å². The molecule has 0 saturated heterocycles. The topological polar surface area (TPSA) is 140 Å². The number of alkyl carbamates (subject to hydrolysis) is 1. The number of amides is 3. The SMILES string of the molecule is C=CCOC(=O)C[C@@H](C[Se]c1ccccc1)[C@H](C)[C@@H](OC(=O)CNC(=O)[C@H](C(C)C)N(C)C(=O)[C@H](C)NC(=O)OCC=C)/C(C)=C/C(C)=C/C(C)(C)C. The second-order valence-corrected chi connectivity index (χ2v) is 16.9. The van der Waals surface area contributed by atoms with E-state index < -0.39 is 48.6 Å². The molecule has 0 radical (unpaired) electrons. The van der Waals surface area contributed by atoms with Crippen LogP contribution in [-0.4, -0.2) is 94.7 Å². The van der Waals surface area contributed by atoms with Crippen molar-refractivity contribution in [3.8, 4) is 0 Å². The number of esters is 2. The van der Waals surface area contributed by atoms with Gasteiger partial charge in [-0.05, 0) is 6.92 Å². The van der Waals surface area contributed by atoms with Crippen molar-refractivity contribution in [1.82, 2.24) is 15.5 Å². The second kappa shape index (κ2) is 23.5. The van der Waals surface area contributed by atoms with Crippen molar-refractivity contribution in [3.63, 3.8) is 0 Å². The van der Waals surface area contributed by atoms with Gasteiger partial charge in [0, 0.05) is 0 Å². The van der Waals surface area contributed by atoms with Gasteiger partial charge in [-0.2, -0.15) is 0 Å². The zero-order valence-corrected chi connectivity index (χ0v) is 34.9. The summed E-state index contributed by atoms with van der Waals surface area (Å²) in [7, 11) is 1.47. The molecule has 0 saturated carbocycles. The monoisotopic (exact) mass is 803 g/mol. The van der Waals surface area contributed by atoms with Crippen LogP contribution in [0.5, 0.6) is 0 Å². The van der Waals surface area contributed by atoms with E-state index in [1.165, 1.54) is 35.5 Å². The van der Waals surface area contributed by atoms with Gasteiger partial charge in [-0.1, -0.05) is 12.7 Å². The molecule has 2 N–H and O–H groups in total. The molecule has 0 bridgehead atoms. The van der Waals surface area contributed by atoms with E-state index in [1.54, 1.807) is 13.8 Å². The number of carbonyl (C=O) groups excluding carboxylic acids is 5. The summed E-state index contributed by atoms with van der Waals surface area (Å²) >= 11 is 0.0371. The first-order valence-corrected chi connectivity index (χ1v) is 20.0. The Kier molecular flexibility index (Phi) is 20.8. The number of benzene rings is 1. The number of nitrogens with zero attached hydrogens (tertiary/aromatic N) is 1. The third kappa shape index (κ3) is 18.0. The van der Waals surface area contributed by atoms with E-state index in [1.807, 2.05) is 45.0 Å². The molecule has 12 heteroatoms. The van der Waals surface area contributed by atoms with E-state index in [9.17, 15) is 24.0 Å². The Hall–Kier alpha value is -4.15. The maximum absolute atomic E-state index is 13.5. The third-order valence-electron chi connectivity index (χ3n) is 8.15. The van der Waals surface area contributed by atoms with Gasteiger partial charge >= 0.3 is 272 Å². The standard InChI is InChI=1S/C41H61N3O8Se/c1-13-20-50-34(45)23-32(26-53-33-18-16-15-17-19-33)30(7)37(29(6)22-28(5)24-41(9,10)11)52-35(46)25-42-38(47)36(27(3)4)44(12)39(48)31(8)43-40(49)51-21-14-2/h13-19,22,24,27,30-32,36-37H,1-2,20-21,23,25-26H2,3-12H3,(H,42,47)(H,43,49)/b28-24+,29-22+/t30-,31-,32-,36-,37-/m0/s1. The summed E-state index contributed by atoms with van der Waals surface area (Å²) < 4.78 is 17.6. The molecule has 1 rings (SSSR count). The Morgan fingerprint density at radius 3 is 2.09 bits per heavy atom. The van der Waals surface area contributed by atoms with E-state index in [0.717, 1.165) is 11.1 Å². The van der Waals surface area contributed by atoms with E-state index in [0.29, 0.717) is 5.32 Å². The van der Waals surface area contributed by atoms with Crippen molar-refractivity contribution in [3.05, 3.63) is 78.9 Å². The van der Waals surface area contributed by atoms with Crippen molar-refractivity contribution in [2.75, 3.05) is 26.8 Å². The molecule has 0 fully saturated rings. The van der Waals surface area contributed by atoms with Crippen LogP contribution in [0, 0.1) is 23.2 Å². The van der Waals surface area contributed by atoms with Crippen molar-refractivity contribution >= 4 is 49.3 Å². The average Bonchev–Trinajstić information content (AvgIpc) is 3.08. The maximum atomic E-state index is 13.5. The summed E-state index contributed by atoms with van der Waals surface area (Å²) in [6, 6.07) is 8.14. The van der Waals surface area contributed by atoms with Crippen LogP contribution in [0.1, 0.15) is 68.7 Å². The first kappa shape index (κ1) is 46.9. The Labute approximate surface area is 323 Å². The fourth-order valence-electron chi connectivity index (χ4n) is 5.80. The van der Waals surface area contributed by atoms with Gasteiger partial charge in [0.15, 0.2) is 0 Å². The van der Waals surface area contributed by atoms with Crippen molar-refractivity contribution in [1.29, 1.82) is 0 Å². The minimum absolute atomic E-state index is 0.0186. The van der Waals surface area contributed by atoms with Crippen LogP contribution >= 0.6 is 0 Å². The summed E-state index contributed by atoms with van der Waals surface area (Å²) in [5.41, 5.74) is 1.71. The Balaban J connectivity index is 3.31. The molecule has 3 amide bonds. The van der Waals surface area contributed by atoms with E-state index in [4.69, 9.17) is 14.2 Å². The zero-order chi connectivity index (χ0) is 40.3. The van der Waals surface area contributed by atoms with Crippen LogP contribution in [0.3, 0.4) is 0 Å². The fraction of sp³-hybridized carbons (Fsp3) is 0.537. The van der Waals surface area contributed by atoms with Crippen LogP contribution in [-0.2, 0) is 33.4 Å². The van der Waals surface area contributed by atoms with Gasteiger partial charge in [0.2, 0.25) is 0 Å². The van der Waals surface area contributed by atoms with Crippen LogP contribution in [0.25, 0.3) is 0 Å². The predicted molar refractivity (Wildman–Crippen MR) is 210 cm³/mol. The summed E-state index contributed by atoms with van der Waals surface area (Å²) in [4.78, 5) is 66.3. The van der Waals surface area contributed by atoms with E-state index in [-0.39, 0.29) is 63.7 Å². The molecule has 53 heavy (non-hydrogen) atoms. The number of hydrogen-bond donors (Lipinski definition) is 2. The molecule has 5 atom stereocenters. The van der Waals surface area contributed by atoms with Crippen LogP contribution in [0.15, 0.2) is 78.9 Å². The first-order chi connectivity index (χ1) is 24.8. The third-order valence-corrected chi connectivity index (χ3v) is 10.7. The summed E-state index contributed by atoms with van der Waals surface area (Å²) in [6.45, 7) is 24.0. The molecule has 0 unspecified atom stereocenters. The Morgan fingerprint density at radius 1 is 0.925 bits per heavy atom. The molecule has 0 spiro atoms. The van der Waals surface area contributed by atoms with Gasteiger partial charge in [-0.25, -0.2) is 4.79 Å². The number of hydrogen-bond acceptors (Lipinski definition) is 8. The van der Waals surface area contributed by atoms with Gasteiger partial charge in [-0.15, -0.1) is 0 Å². The van der Waals surface area contributed by atoms with Gasteiger partial charge in [-0.3, -0.25) is 4.79 Å². The van der Waals surface area contributed by atoms with Gasteiger partial charge in [0.1, 0.15) is 12.6 Å². The normalized spacial score (nSPS) is 14.8. The van der Waals surface area contributed by atoms with Gasteiger partial charge in [0.05, 0.1) is 0 Å². The predicted octanol–water partition coefficient (Wildman–Crippen LogP) is 5.56. The molecule has 0 aliphatic carbocycles. The van der Waals surface area contributed by atoms with Gasteiger partial charge in [0.25, 0.3) is 0 Å². The number of carbonyl (C=O) groups is 5. The molecule has 0 aromatic heterocycles. The summed E-state index contributed by atoms with van der Waals surface area (Å²) in [5.74, 6) is -2.91. The number of likely N-dealkylation sites (N-methyl/N-ethyl adjacent to an activating group) is 1. The molecular formula is C41H61N3O8Se. The van der Waals surface area contributed by atoms with Crippen LogP contribution < -0.4 is 15.1 Å². The zero-order valence-electron chi connectivity index (χ0n) is 33.2. The molecule has 11 nitrogen and oxygen atoms in total. The molecule has 294 valence electrons. The van der Waals surface area contributed by atoms with Crippen LogP contribution in [0.4, 0.5) is 4.79 Å². The summed E-state index contributed by atoms with van der Waals surface area (Å²) in [5, 5.41) is 5.80. The molecule has 1 aromatic rings. The Morgan fingerprint density at radius 2 is 1.53 bits per heavy atom. The van der Waals surface area contributed by atoms with Crippen molar-refractivity contribution in [2.45, 2.75) is 92.2 Å². The number of rotatable bonds is 21. The first-order valence-electron chi connectivity index (χ1n) is 17.9. The van der Waals surface area contributed by atoms with Crippen molar-refractivity contribution < 1.29 is 38.2 Å². The number of nitrogens with one attached hydrogen (secondary N) is 2.